The molecule has 3 N–H and O–H groups in total. The third-order valence-electron chi connectivity index (χ3n) is 5.83. The molecule has 2 heterocycles. The minimum atomic E-state index is -0.507. The van der Waals surface area contributed by atoms with Crippen molar-refractivity contribution in [3.05, 3.63) is 88.9 Å². The second-order valence-corrected chi connectivity index (χ2v) is 7.83. The molecule has 0 saturated heterocycles. The minimum absolute atomic E-state index is 0.0305. The van der Waals surface area contributed by atoms with Crippen molar-refractivity contribution in [3.8, 4) is 29.1 Å². The monoisotopic (exact) mass is 438 g/mol. The number of aromatic hydroxyl groups is 1. The highest BCUT2D eigenvalue weighted by Gasteiger charge is 2.36. The number of nitrogens with two attached hydrogens (primary N) is 1. The van der Waals surface area contributed by atoms with E-state index in [2.05, 4.69) is 12.1 Å². The summed E-state index contributed by atoms with van der Waals surface area (Å²) in [5, 5.41) is 27.0. The standard InChI is InChI=1S/C26H22N4O3/c1-3-32-22-13-18(9-11-21(22)31)24-20(14-27)25(28)33-26-23(24)15(2)29-30(26)19-10-8-16-6-4-5-7-17(16)12-19/h4-13,24,31H,3,28H2,1-2H3/t24-/m1/s1. The first-order valence-electron chi connectivity index (χ1n) is 10.6. The fourth-order valence-corrected chi connectivity index (χ4v) is 4.31. The van der Waals surface area contributed by atoms with Crippen molar-refractivity contribution in [2.24, 2.45) is 5.73 Å². The van der Waals surface area contributed by atoms with Crippen molar-refractivity contribution < 1.29 is 14.6 Å². The number of hydrogen-bond acceptors (Lipinski definition) is 6. The van der Waals surface area contributed by atoms with Crippen molar-refractivity contribution in [1.82, 2.24) is 9.78 Å². The van der Waals surface area contributed by atoms with Gasteiger partial charge in [-0.25, -0.2) is 4.68 Å². The Kier molecular flexibility index (Phi) is 4.91. The molecule has 7 nitrogen and oxygen atoms in total. The van der Waals surface area contributed by atoms with E-state index in [1.54, 1.807) is 22.9 Å². The second kappa shape index (κ2) is 7.92. The molecular formula is C26H22N4O3. The van der Waals surface area contributed by atoms with Gasteiger partial charge < -0.3 is 20.3 Å². The number of phenols is 1. The third-order valence-corrected chi connectivity index (χ3v) is 5.83. The number of allylic oxidation sites excluding steroid dienone is 1. The van der Waals surface area contributed by atoms with E-state index in [1.165, 1.54) is 0 Å². The number of rotatable bonds is 4. The summed E-state index contributed by atoms with van der Waals surface area (Å²) < 4.78 is 13.2. The fraction of sp³-hybridized carbons (Fsp3) is 0.154. The largest absolute Gasteiger partial charge is 0.504 e. The number of aryl methyl sites for hydroxylation is 1. The summed E-state index contributed by atoms with van der Waals surface area (Å²) in [4.78, 5) is 0. The molecule has 33 heavy (non-hydrogen) atoms. The van der Waals surface area contributed by atoms with Gasteiger partial charge in [-0.2, -0.15) is 10.4 Å². The first-order chi connectivity index (χ1) is 16.0. The van der Waals surface area contributed by atoms with Crippen LogP contribution in [0.25, 0.3) is 16.5 Å². The van der Waals surface area contributed by atoms with Gasteiger partial charge in [0.15, 0.2) is 11.5 Å². The molecule has 0 aliphatic carbocycles. The fourth-order valence-electron chi connectivity index (χ4n) is 4.31. The van der Waals surface area contributed by atoms with Crippen molar-refractivity contribution >= 4 is 10.8 Å². The zero-order valence-electron chi connectivity index (χ0n) is 18.2. The SMILES string of the molecule is CCOc1cc([C@@H]2C(C#N)=C(N)Oc3c2c(C)nn3-c2ccc3ccccc3c2)ccc1O. The predicted molar refractivity (Wildman–Crippen MR) is 124 cm³/mol. The number of hydrogen-bond donors (Lipinski definition) is 2. The Balaban J connectivity index is 1.70. The summed E-state index contributed by atoms with van der Waals surface area (Å²) in [7, 11) is 0. The van der Waals surface area contributed by atoms with Crippen LogP contribution in [0, 0.1) is 18.3 Å². The van der Waals surface area contributed by atoms with Crippen LogP contribution < -0.4 is 15.2 Å². The van der Waals surface area contributed by atoms with E-state index >= 15 is 0 Å². The maximum Gasteiger partial charge on any atom is 0.229 e. The molecule has 1 aromatic heterocycles. The lowest BCUT2D eigenvalue weighted by Gasteiger charge is -2.25. The van der Waals surface area contributed by atoms with Crippen molar-refractivity contribution in [3.63, 3.8) is 0 Å². The van der Waals surface area contributed by atoms with Gasteiger partial charge in [-0.15, -0.1) is 0 Å². The molecule has 0 unspecified atom stereocenters. The zero-order valence-corrected chi connectivity index (χ0v) is 18.2. The van der Waals surface area contributed by atoms with Gasteiger partial charge in [-0.1, -0.05) is 36.4 Å². The van der Waals surface area contributed by atoms with Crippen molar-refractivity contribution in [1.29, 1.82) is 5.26 Å². The number of aromatic nitrogens is 2. The average Bonchev–Trinajstić information content (AvgIpc) is 3.15. The Bertz CT molecular complexity index is 1460. The van der Waals surface area contributed by atoms with Crippen LogP contribution in [0.2, 0.25) is 0 Å². The molecule has 1 aliphatic rings. The number of nitriles is 1. The van der Waals surface area contributed by atoms with Crippen LogP contribution in [-0.4, -0.2) is 21.5 Å². The van der Waals surface area contributed by atoms with Crippen LogP contribution in [0.4, 0.5) is 0 Å². The first kappa shape index (κ1) is 20.5. The maximum atomic E-state index is 10.2. The Morgan fingerprint density at radius 2 is 1.94 bits per heavy atom. The molecule has 0 amide bonds. The van der Waals surface area contributed by atoms with Crippen LogP contribution in [0.5, 0.6) is 17.4 Å². The quantitative estimate of drug-likeness (QED) is 0.480. The smallest absolute Gasteiger partial charge is 0.229 e. The van der Waals surface area contributed by atoms with E-state index in [9.17, 15) is 10.4 Å². The highest BCUT2D eigenvalue weighted by Crippen LogP contribution is 2.46. The Hall–Kier alpha value is -4.44. The van der Waals surface area contributed by atoms with Gasteiger partial charge in [0, 0.05) is 0 Å². The third kappa shape index (κ3) is 3.33. The topological polar surface area (TPSA) is 106 Å². The minimum Gasteiger partial charge on any atom is -0.504 e. The van der Waals surface area contributed by atoms with Gasteiger partial charge in [0.25, 0.3) is 0 Å². The second-order valence-electron chi connectivity index (χ2n) is 7.83. The molecule has 7 heteroatoms. The maximum absolute atomic E-state index is 10.2. The summed E-state index contributed by atoms with van der Waals surface area (Å²) in [6, 6.07) is 21.4. The molecule has 4 aromatic rings. The molecule has 0 saturated carbocycles. The summed E-state index contributed by atoms with van der Waals surface area (Å²) in [6.07, 6.45) is 0. The number of fused-ring (bicyclic) bond motifs is 2. The first-order valence-corrected chi connectivity index (χ1v) is 10.6. The van der Waals surface area contributed by atoms with E-state index in [4.69, 9.17) is 20.3 Å². The van der Waals surface area contributed by atoms with E-state index in [0.29, 0.717) is 18.2 Å². The summed E-state index contributed by atoms with van der Waals surface area (Å²) >= 11 is 0. The van der Waals surface area contributed by atoms with Crippen LogP contribution in [-0.2, 0) is 0 Å². The molecule has 5 rings (SSSR count). The molecule has 3 aromatic carbocycles. The van der Waals surface area contributed by atoms with Gasteiger partial charge in [0.05, 0.1) is 29.5 Å². The Morgan fingerprint density at radius 3 is 2.70 bits per heavy atom. The number of ether oxygens (including phenoxy) is 2. The van der Waals surface area contributed by atoms with E-state index in [-0.39, 0.29) is 17.2 Å². The number of phenolic OH excluding ortho intramolecular Hbond substituents is 1. The van der Waals surface area contributed by atoms with Crippen molar-refractivity contribution in [2.75, 3.05) is 6.61 Å². The van der Waals surface area contributed by atoms with Gasteiger partial charge in [-0.05, 0) is 54.4 Å². The lowest BCUT2D eigenvalue weighted by atomic mass is 9.84. The van der Waals surface area contributed by atoms with Crippen LogP contribution >= 0.6 is 0 Å². The van der Waals surface area contributed by atoms with Crippen LogP contribution in [0.15, 0.2) is 72.1 Å². The summed E-state index contributed by atoms with van der Waals surface area (Å²) in [6.45, 7) is 4.13. The molecule has 0 fully saturated rings. The van der Waals surface area contributed by atoms with Crippen molar-refractivity contribution in [2.45, 2.75) is 19.8 Å². The molecule has 164 valence electrons. The van der Waals surface area contributed by atoms with Gasteiger partial charge >= 0.3 is 0 Å². The van der Waals surface area contributed by atoms with Gasteiger partial charge in [0.1, 0.15) is 11.6 Å². The lowest BCUT2D eigenvalue weighted by molar-refractivity contribution is 0.317. The van der Waals surface area contributed by atoms with Gasteiger partial charge in [0.2, 0.25) is 11.8 Å². The normalized spacial score (nSPS) is 15.1. The number of benzene rings is 3. The van der Waals surface area contributed by atoms with Crippen LogP contribution in [0.3, 0.4) is 0 Å². The Labute approximate surface area is 190 Å². The van der Waals surface area contributed by atoms with E-state index < -0.39 is 5.92 Å². The lowest BCUT2D eigenvalue weighted by Crippen LogP contribution is -2.22. The molecule has 0 radical (unpaired) electrons. The highest BCUT2D eigenvalue weighted by atomic mass is 16.5. The molecule has 0 bridgehead atoms. The zero-order chi connectivity index (χ0) is 23.1. The number of nitrogens with zero attached hydrogens (tertiary/aromatic N) is 3. The summed E-state index contributed by atoms with van der Waals surface area (Å²) in [5.41, 5.74) is 9.55. The van der Waals surface area contributed by atoms with E-state index in [1.807, 2.05) is 50.2 Å². The van der Waals surface area contributed by atoms with Crippen LogP contribution in [0.1, 0.15) is 29.7 Å². The average molecular weight is 438 g/mol. The summed E-state index contributed by atoms with van der Waals surface area (Å²) in [5.74, 6) is 0.372. The molecule has 0 spiro atoms. The predicted octanol–water partition coefficient (Wildman–Crippen LogP) is 4.66. The molecule has 1 aliphatic heterocycles. The molecular weight excluding hydrogens is 416 g/mol. The van der Waals surface area contributed by atoms with E-state index in [0.717, 1.165) is 33.3 Å². The van der Waals surface area contributed by atoms with Gasteiger partial charge in [-0.3, -0.25) is 0 Å². The molecule has 1 atom stereocenters. The highest BCUT2D eigenvalue weighted by molar-refractivity contribution is 5.84. The Morgan fingerprint density at radius 1 is 1.15 bits per heavy atom.